The van der Waals surface area contributed by atoms with E-state index in [1.807, 2.05) is 0 Å². The highest BCUT2D eigenvalue weighted by Gasteiger charge is 2.58. The number of ether oxygens (including phenoxy) is 2. The van der Waals surface area contributed by atoms with E-state index in [-0.39, 0.29) is 6.61 Å². The standard InChI is InChI=1S/C7H9F5O2/c1-2-3-13-4-6(9,14-5-8)7(10,11)12/h2H,1,3-5H2. The summed E-state index contributed by atoms with van der Waals surface area (Å²) in [5, 5.41) is 0. The largest absolute Gasteiger partial charge is 0.450 e. The van der Waals surface area contributed by atoms with Crippen LogP contribution in [0.4, 0.5) is 22.0 Å². The van der Waals surface area contributed by atoms with Crippen molar-refractivity contribution in [2.75, 3.05) is 20.1 Å². The molecule has 14 heavy (non-hydrogen) atoms. The molecule has 0 bridgehead atoms. The highest BCUT2D eigenvalue weighted by Crippen LogP contribution is 2.35. The minimum atomic E-state index is -5.33. The molecule has 0 radical (unpaired) electrons. The van der Waals surface area contributed by atoms with Crippen LogP contribution in [-0.2, 0) is 9.47 Å². The van der Waals surface area contributed by atoms with Crippen LogP contribution >= 0.6 is 0 Å². The molecule has 0 aromatic heterocycles. The second-order valence-electron chi connectivity index (χ2n) is 2.28. The maximum absolute atomic E-state index is 12.9. The maximum atomic E-state index is 12.9. The molecular formula is C7H9F5O2. The predicted octanol–water partition coefficient (Wildman–Crippen LogP) is 2.36. The average molecular weight is 220 g/mol. The predicted molar refractivity (Wildman–Crippen MR) is 38.0 cm³/mol. The lowest BCUT2D eigenvalue weighted by molar-refractivity contribution is -0.353. The highest BCUT2D eigenvalue weighted by molar-refractivity contribution is 4.77. The van der Waals surface area contributed by atoms with Crippen molar-refractivity contribution < 1.29 is 31.4 Å². The monoisotopic (exact) mass is 220 g/mol. The molecule has 1 atom stereocenters. The van der Waals surface area contributed by atoms with Gasteiger partial charge >= 0.3 is 12.0 Å². The first kappa shape index (κ1) is 13.3. The van der Waals surface area contributed by atoms with Gasteiger partial charge in [0.15, 0.2) is 6.86 Å². The van der Waals surface area contributed by atoms with Gasteiger partial charge in [-0.05, 0) is 0 Å². The number of hydrogen-bond donors (Lipinski definition) is 0. The van der Waals surface area contributed by atoms with Gasteiger partial charge in [-0.3, -0.25) is 0 Å². The molecule has 0 aliphatic heterocycles. The number of rotatable bonds is 6. The molecule has 84 valence electrons. The summed E-state index contributed by atoms with van der Waals surface area (Å²) in [6.07, 6.45) is -4.20. The lowest BCUT2D eigenvalue weighted by atomic mass is 10.3. The third-order valence-electron chi connectivity index (χ3n) is 1.23. The van der Waals surface area contributed by atoms with Gasteiger partial charge in [0, 0.05) is 0 Å². The zero-order valence-electron chi connectivity index (χ0n) is 7.11. The van der Waals surface area contributed by atoms with Crippen molar-refractivity contribution in [1.82, 2.24) is 0 Å². The zero-order chi connectivity index (χ0) is 11.2. The Morgan fingerprint density at radius 1 is 1.21 bits per heavy atom. The number of halogens is 5. The molecule has 0 aromatic rings. The van der Waals surface area contributed by atoms with Crippen molar-refractivity contribution >= 4 is 0 Å². The van der Waals surface area contributed by atoms with Gasteiger partial charge in [-0.15, -0.1) is 6.58 Å². The lowest BCUT2D eigenvalue weighted by Crippen LogP contribution is -2.47. The molecule has 0 saturated carbocycles. The Labute approximate surface area is 77.3 Å². The maximum Gasteiger partial charge on any atom is 0.450 e. The van der Waals surface area contributed by atoms with Gasteiger partial charge < -0.3 is 9.47 Å². The summed E-state index contributed by atoms with van der Waals surface area (Å²) < 4.78 is 67.7. The Bertz CT molecular complexity index is 181. The zero-order valence-corrected chi connectivity index (χ0v) is 7.11. The van der Waals surface area contributed by atoms with Crippen LogP contribution in [0.5, 0.6) is 0 Å². The fourth-order valence-corrected chi connectivity index (χ4v) is 0.565. The molecule has 0 N–H and O–H groups in total. The van der Waals surface area contributed by atoms with Gasteiger partial charge in [-0.25, -0.2) is 4.39 Å². The Balaban J connectivity index is 4.31. The van der Waals surface area contributed by atoms with E-state index in [1.165, 1.54) is 0 Å². The third kappa shape index (κ3) is 3.59. The van der Waals surface area contributed by atoms with Crippen LogP contribution in [0.2, 0.25) is 0 Å². The van der Waals surface area contributed by atoms with Crippen LogP contribution in [0.25, 0.3) is 0 Å². The van der Waals surface area contributed by atoms with Crippen molar-refractivity contribution in [2.45, 2.75) is 12.0 Å². The van der Waals surface area contributed by atoms with Gasteiger partial charge in [-0.1, -0.05) is 6.08 Å². The number of alkyl halides is 5. The molecule has 1 unspecified atom stereocenters. The molecule has 2 nitrogen and oxygen atoms in total. The van der Waals surface area contributed by atoms with Crippen molar-refractivity contribution in [3.63, 3.8) is 0 Å². The Morgan fingerprint density at radius 3 is 2.14 bits per heavy atom. The quantitative estimate of drug-likeness (QED) is 0.388. The normalized spacial score (nSPS) is 16.4. The van der Waals surface area contributed by atoms with Crippen LogP contribution in [0.15, 0.2) is 12.7 Å². The molecule has 0 aliphatic carbocycles. The first-order chi connectivity index (χ1) is 6.37. The summed E-state index contributed by atoms with van der Waals surface area (Å²) in [7, 11) is 0. The Kier molecular flexibility index (Phi) is 5.00. The lowest BCUT2D eigenvalue weighted by Gasteiger charge is -2.25. The fraction of sp³-hybridized carbons (Fsp3) is 0.714. The summed E-state index contributed by atoms with van der Waals surface area (Å²) in [5.74, 6) is -4.11. The van der Waals surface area contributed by atoms with Crippen molar-refractivity contribution in [2.24, 2.45) is 0 Å². The second-order valence-corrected chi connectivity index (χ2v) is 2.28. The van der Waals surface area contributed by atoms with Gasteiger partial charge in [0.2, 0.25) is 0 Å². The summed E-state index contributed by atoms with van der Waals surface area (Å²) >= 11 is 0. The van der Waals surface area contributed by atoms with Crippen molar-refractivity contribution in [3.8, 4) is 0 Å². The van der Waals surface area contributed by atoms with Crippen LogP contribution in [0, 0.1) is 0 Å². The Hall–Kier alpha value is -0.690. The van der Waals surface area contributed by atoms with E-state index in [0.717, 1.165) is 6.08 Å². The van der Waals surface area contributed by atoms with Crippen LogP contribution in [-0.4, -0.2) is 32.1 Å². The average Bonchev–Trinajstić information content (AvgIpc) is 2.03. The minimum absolute atomic E-state index is 0.280. The van der Waals surface area contributed by atoms with E-state index in [2.05, 4.69) is 16.1 Å². The SMILES string of the molecule is C=CCOCC(F)(OCF)C(F)(F)F. The molecule has 0 aromatic carbocycles. The molecule has 0 fully saturated rings. The number of hydrogen-bond acceptors (Lipinski definition) is 2. The molecule has 0 rings (SSSR count). The second kappa shape index (κ2) is 5.26. The Morgan fingerprint density at radius 2 is 1.79 bits per heavy atom. The van der Waals surface area contributed by atoms with E-state index in [4.69, 9.17) is 0 Å². The first-order valence-corrected chi connectivity index (χ1v) is 3.51. The van der Waals surface area contributed by atoms with E-state index >= 15 is 0 Å². The summed E-state index contributed by atoms with van der Waals surface area (Å²) in [6, 6.07) is 0. The highest BCUT2D eigenvalue weighted by atomic mass is 19.4. The fourth-order valence-electron chi connectivity index (χ4n) is 0.565. The minimum Gasteiger partial charge on any atom is -0.371 e. The van der Waals surface area contributed by atoms with Gasteiger partial charge in [0.25, 0.3) is 0 Å². The van der Waals surface area contributed by atoms with Gasteiger partial charge in [-0.2, -0.15) is 17.6 Å². The van der Waals surface area contributed by atoms with Crippen LogP contribution < -0.4 is 0 Å². The van der Waals surface area contributed by atoms with Gasteiger partial charge in [0.05, 0.1) is 6.61 Å². The topological polar surface area (TPSA) is 18.5 Å². The van der Waals surface area contributed by atoms with E-state index in [1.54, 1.807) is 0 Å². The van der Waals surface area contributed by atoms with E-state index in [9.17, 15) is 22.0 Å². The summed E-state index contributed by atoms with van der Waals surface area (Å²) in [5.41, 5.74) is 0. The molecule has 0 aliphatic rings. The van der Waals surface area contributed by atoms with Crippen molar-refractivity contribution in [3.05, 3.63) is 12.7 Å². The third-order valence-corrected chi connectivity index (χ3v) is 1.23. The molecular weight excluding hydrogens is 211 g/mol. The van der Waals surface area contributed by atoms with E-state index < -0.39 is 25.5 Å². The van der Waals surface area contributed by atoms with Crippen LogP contribution in [0.3, 0.4) is 0 Å². The molecule has 7 heteroatoms. The molecule has 0 saturated heterocycles. The van der Waals surface area contributed by atoms with E-state index in [0.29, 0.717) is 0 Å². The van der Waals surface area contributed by atoms with Gasteiger partial charge in [0.1, 0.15) is 6.61 Å². The smallest absolute Gasteiger partial charge is 0.371 e. The van der Waals surface area contributed by atoms with Crippen LogP contribution in [0.1, 0.15) is 0 Å². The first-order valence-electron chi connectivity index (χ1n) is 3.51. The summed E-state index contributed by atoms with van der Waals surface area (Å²) in [6.45, 7) is -0.441. The summed E-state index contributed by atoms with van der Waals surface area (Å²) in [4.78, 5) is 0. The molecule has 0 amide bonds. The van der Waals surface area contributed by atoms with Crippen molar-refractivity contribution in [1.29, 1.82) is 0 Å². The molecule has 0 spiro atoms. The molecule has 0 heterocycles.